The Morgan fingerprint density at radius 3 is 2.81 bits per heavy atom. The summed E-state index contributed by atoms with van der Waals surface area (Å²) >= 11 is 0. The van der Waals surface area contributed by atoms with Gasteiger partial charge in [0.2, 0.25) is 12.3 Å². The third-order valence-corrected chi connectivity index (χ3v) is 2.22. The SMILES string of the molecule is CNc1ccc(N(C=O)c2ccnn2C)o1. The van der Waals surface area contributed by atoms with Crippen LogP contribution in [0.5, 0.6) is 0 Å². The van der Waals surface area contributed by atoms with Crippen LogP contribution in [0.3, 0.4) is 0 Å². The fourth-order valence-corrected chi connectivity index (χ4v) is 1.41. The van der Waals surface area contributed by atoms with Gasteiger partial charge in [0.15, 0.2) is 5.88 Å². The van der Waals surface area contributed by atoms with Gasteiger partial charge in [0.25, 0.3) is 0 Å². The molecule has 2 aromatic heterocycles. The van der Waals surface area contributed by atoms with Gasteiger partial charge in [-0.25, -0.2) is 4.90 Å². The van der Waals surface area contributed by atoms with Gasteiger partial charge < -0.3 is 9.73 Å². The molecular formula is C10H12N4O2. The lowest BCUT2D eigenvalue weighted by molar-refractivity contribution is -0.107. The molecule has 0 fully saturated rings. The van der Waals surface area contributed by atoms with Gasteiger partial charge in [-0.3, -0.25) is 9.48 Å². The zero-order valence-electron chi connectivity index (χ0n) is 9.04. The predicted octanol–water partition coefficient (Wildman–Crippen LogP) is 1.35. The van der Waals surface area contributed by atoms with E-state index >= 15 is 0 Å². The van der Waals surface area contributed by atoms with Crippen LogP contribution in [-0.4, -0.2) is 23.2 Å². The highest BCUT2D eigenvalue weighted by Gasteiger charge is 2.15. The van der Waals surface area contributed by atoms with Crippen molar-refractivity contribution >= 4 is 24.0 Å². The molecular weight excluding hydrogens is 208 g/mol. The summed E-state index contributed by atoms with van der Waals surface area (Å²) in [4.78, 5) is 12.4. The average molecular weight is 220 g/mol. The summed E-state index contributed by atoms with van der Waals surface area (Å²) in [6.07, 6.45) is 2.31. The monoisotopic (exact) mass is 220 g/mol. The lowest BCUT2D eigenvalue weighted by Gasteiger charge is -2.13. The quantitative estimate of drug-likeness (QED) is 0.790. The Morgan fingerprint density at radius 1 is 1.50 bits per heavy atom. The second-order valence-corrected chi connectivity index (χ2v) is 3.18. The Hall–Kier alpha value is -2.24. The van der Waals surface area contributed by atoms with Crippen molar-refractivity contribution in [2.75, 3.05) is 17.3 Å². The average Bonchev–Trinajstić information content (AvgIpc) is 2.90. The van der Waals surface area contributed by atoms with Crippen LogP contribution in [0.25, 0.3) is 0 Å². The molecule has 2 aromatic rings. The fourth-order valence-electron chi connectivity index (χ4n) is 1.41. The Labute approximate surface area is 92.5 Å². The highest BCUT2D eigenvalue weighted by Crippen LogP contribution is 2.26. The van der Waals surface area contributed by atoms with E-state index in [0.717, 1.165) is 0 Å². The molecule has 0 unspecified atom stereocenters. The number of carbonyl (C=O) groups excluding carboxylic acids is 1. The number of carbonyl (C=O) groups is 1. The van der Waals surface area contributed by atoms with Crippen LogP contribution in [0.2, 0.25) is 0 Å². The predicted molar refractivity (Wildman–Crippen MR) is 59.7 cm³/mol. The minimum atomic E-state index is 0.447. The molecule has 0 aliphatic rings. The van der Waals surface area contributed by atoms with E-state index in [2.05, 4.69) is 10.4 Å². The molecule has 84 valence electrons. The lowest BCUT2D eigenvalue weighted by atomic mass is 10.5. The smallest absolute Gasteiger partial charge is 0.222 e. The normalized spacial score (nSPS) is 10.1. The molecule has 2 rings (SSSR count). The number of nitrogens with one attached hydrogen (secondary N) is 1. The third kappa shape index (κ3) is 1.65. The second kappa shape index (κ2) is 4.09. The molecule has 1 N–H and O–H groups in total. The van der Waals surface area contributed by atoms with Gasteiger partial charge >= 0.3 is 0 Å². The van der Waals surface area contributed by atoms with Crippen molar-refractivity contribution in [2.45, 2.75) is 0 Å². The number of hydrogen-bond donors (Lipinski definition) is 1. The maximum absolute atomic E-state index is 11.1. The van der Waals surface area contributed by atoms with Crippen molar-refractivity contribution in [3.63, 3.8) is 0 Å². The minimum Gasteiger partial charge on any atom is -0.424 e. The van der Waals surface area contributed by atoms with Crippen LogP contribution in [0.15, 0.2) is 28.8 Å². The summed E-state index contributed by atoms with van der Waals surface area (Å²) in [6.45, 7) is 0. The molecule has 16 heavy (non-hydrogen) atoms. The van der Waals surface area contributed by atoms with Crippen molar-refractivity contribution in [3.8, 4) is 0 Å². The first kappa shape index (κ1) is 10.3. The van der Waals surface area contributed by atoms with Crippen molar-refractivity contribution in [1.82, 2.24) is 9.78 Å². The molecule has 0 bridgehead atoms. The zero-order chi connectivity index (χ0) is 11.5. The summed E-state index contributed by atoms with van der Waals surface area (Å²) < 4.78 is 7.00. The molecule has 0 radical (unpaired) electrons. The zero-order valence-corrected chi connectivity index (χ0v) is 9.04. The van der Waals surface area contributed by atoms with E-state index in [1.807, 2.05) is 0 Å². The van der Waals surface area contributed by atoms with Crippen molar-refractivity contribution in [3.05, 3.63) is 24.4 Å². The lowest BCUT2D eigenvalue weighted by Crippen LogP contribution is -2.16. The third-order valence-electron chi connectivity index (χ3n) is 2.22. The van der Waals surface area contributed by atoms with E-state index in [0.29, 0.717) is 24.0 Å². The number of amides is 1. The number of anilines is 3. The van der Waals surface area contributed by atoms with E-state index in [1.165, 1.54) is 4.90 Å². The number of rotatable bonds is 4. The first-order valence-electron chi connectivity index (χ1n) is 4.76. The van der Waals surface area contributed by atoms with Crippen LogP contribution >= 0.6 is 0 Å². The van der Waals surface area contributed by atoms with Gasteiger partial charge in [0, 0.05) is 32.3 Å². The van der Waals surface area contributed by atoms with Crippen molar-refractivity contribution < 1.29 is 9.21 Å². The molecule has 0 spiro atoms. The number of aromatic nitrogens is 2. The van der Waals surface area contributed by atoms with E-state index in [9.17, 15) is 4.79 Å². The molecule has 0 aliphatic heterocycles. The van der Waals surface area contributed by atoms with Crippen LogP contribution in [0.1, 0.15) is 0 Å². The van der Waals surface area contributed by atoms with E-state index in [1.54, 1.807) is 43.2 Å². The van der Waals surface area contributed by atoms with Crippen LogP contribution in [0, 0.1) is 0 Å². The van der Waals surface area contributed by atoms with Crippen LogP contribution < -0.4 is 10.2 Å². The highest BCUT2D eigenvalue weighted by molar-refractivity contribution is 5.82. The van der Waals surface area contributed by atoms with Crippen LogP contribution in [-0.2, 0) is 11.8 Å². The van der Waals surface area contributed by atoms with Gasteiger partial charge in [0.05, 0.1) is 6.20 Å². The number of furan rings is 1. The van der Waals surface area contributed by atoms with Crippen LogP contribution in [0.4, 0.5) is 17.6 Å². The summed E-state index contributed by atoms with van der Waals surface area (Å²) in [5.74, 6) is 1.69. The topological polar surface area (TPSA) is 63.3 Å². The van der Waals surface area contributed by atoms with Crippen molar-refractivity contribution in [2.24, 2.45) is 7.05 Å². The molecule has 0 aliphatic carbocycles. The van der Waals surface area contributed by atoms with E-state index in [-0.39, 0.29) is 0 Å². The largest absolute Gasteiger partial charge is 0.424 e. The Kier molecular flexibility index (Phi) is 2.63. The first-order chi connectivity index (χ1) is 7.76. The van der Waals surface area contributed by atoms with Gasteiger partial charge in [0.1, 0.15) is 5.82 Å². The highest BCUT2D eigenvalue weighted by atomic mass is 16.4. The van der Waals surface area contributed by atoms with E-state index < -0.39 is 0 Å². The van der Waals surface area contributed by atoms with Gasteiger partial charge in [-0.1, -0.05) is 0 Å². The summed E-state index contributed by atoms with van der Waals surface area (Å²) in [7, 11) is 3.51. The maximum Gasteiger partial charge on any atom is 0.222 e. The molecule has 6 heteroatoms. The number of nitrogens with zero attached hydrogens (tertiary/aromatic N) is 3. The van der Waals surface area contributed by atoms with Gasteiger partial charge in [-0.2, -0.15) is 5.10 Å². The molecule has 0 saturated carbocycles. The summed E-state index contributed by atoms with van der Waals surface area (Å²) in [6, 6.07) is 5.20. The van der Waals surface area contributed by atoms with Crippen molar-refractivity contribution in [1.29, 1.82) is 0 Å². The van der Waals surface area contributed by atoms with Gasteiger partial charge in [-0.15, -0.1) is 0 Å². The Bertz CT molecular complexity index is 488. The Morgan fingerprint density at radius 2 is 2.31 bits per heavy atom. The number of hydrogen-bond acceptors (Lipinski definition) is 4. The summed E-state index contributed by atoms with van der Waals surface area (Å²) in [5, 5.41) is 6.85. The molecule has 2 heterocycles. The molecule has 0 atom stereocenters. The molecule has 0 saturated heterocycles. The number of aryl methyl sites for hydroxylation is 1. The molecule has 0 aromatic carbocycles. The van der Waals surface area contributed by atoms with E-state index in [4.69, 9.17) is 4.42 Å². The first-order valence-corrected chi connectivity index (χ1v) is 4.76. The summed E-state index contributed by atoms with van der Waals surface area (Å²) in [5.41, 5.74) is 0. The fraction of sp³-hybridized carbons (Fsp3) is 0.200. The maximum atomic E-state index is 11.1. The van der Waals surface area contributed by atoms with Gasteiger partial charge in [-0.05, 0) is 0 Å². The second-order valence-electron chi connectivity index (χ2n) is 3.18. The standard InChI is InChI=1S/C10H12N4O2/c1-11-8-3-4-10(16-8)14(7-15)9-5-6-12-13(9)2/h3-7,11H,1-2H3. The Balaban J connectivity index is 2.36. The molecule has 6 nitrogen and oxygen atoms in total. The molecule has 1 amide bonds. The minimum absolute atomic E-state index is 0.447.